The van der Waals surface area contributed by atoms with Crippen LogP contribution in [0.1, 0.15) is 40.7 Å². The van der Waals surface area contributed by atoms with Crippen molar-refractivity contribution in [3.8, 4) is 5.75 Å². The van der Waals surface area contributed by atoms with Crippen LogP contribution < -0.4 is 10.1 Å². The van der Waals surface area contributed by atoms with Gasteiger partial charge in [0, 0.05) is 36.2 Å². The van der Waals surface area contributed by atoms with Gasteiger partial charge in [0.15, 0.2) is 0 Å². The van der Waals surface area contributed by atoms with Gasteiger partial charge in [0.25, 0.3) is 0 Å². The Kier molecular flexibility index (Phi) is 6.59. The molecular formula is C23H25N3O3S. The number of carbonyl (C=O) groups is 1. The molecule has 0 amide bonds. The number of nitrogens with zero attached hydrogens (tertiary/aromatic N) is 2. The fourth-order valence-electron chi connectivity index (χ4n) is 3.69. The number of carboxylic acids is 1. The second-order valence-electron chi connectivity index (χ2n) is 7.44. The molecule has 0 saturated carbocycles. The average Bonchev–Trinajstić information content (AvgIpc) is 3.29. The molecule has 0 spiro atoms. The lowest BCUT2D eigenvalue weighted by Gasteiger charge is -2.17. The predicted molar refractivity (Wildman–Crippen MR) is 118 cm³/mol. The van der Waals surface area contributed by atoms with E-state index in [1.165, 1.54) is 11.3 Å². The number of rotatable bonds is 9. The van der Waals surface area contributed by atoms with Crippen LogP contribution in [0.3, 0.4) is 0 Å². The molecule has 0 unspecified atom stereocenters. The zero-order chi connectivity index (χ0) is 20.8. The molecular weight excluding hydrogens is 398 g/mol. The number of aliphatic carboxylic acids is 1. The molecule has 1 aliphatic heterocycles. The Labute approximate surface area is 180 Å². The smallest absolute Gasteiger partial charge is 0.304 e. The van der Waals surface area contributed by atoms with Crippen molar-refractivity contribution in [1.29, 1.82) is 0 Å². The van der Waals surface area contributed by atoms with E-state index >= 15 is 0 Å². The molecule has 3 heterocycles. The van der Waals surface area contributed by atoms with Gasteiger partial charge in [-0.15, -0.1) is 11.3 Å². The van der Waals surface area contributed by atoms with Crippen LogP contribution in [0.2, 0.25) is 0 Å². The first-order chi connectivity index (χ1) is 14.7. The van der Waals surface area contributed by atoms with Crippen LogP contribution >= 0.6 is 11.3 Å². The van der Waals surface area contributed by atoms with E-state index in [9.17, 15) is 9.90 Å². The van der Waals surface area contributed by atoms with Crippen molar-refractivity contribution < 1.29 is 14.6 Å². The fourth-order valence-corrected chi connectivity index (χ4v) is 4.43. The number of aryl methyl sites for hydroxylation is 1. The number of benzene rings is 1. The molecule has 156 valence electrons. The third-order valence-electron chi connectivity index (χ3n) is 5.19. The van der Waals surface area contributed by atoms with E-state index in [1.807, 2.05) is 29.6 Å². The second-order valence-corrected chi connectivity index (χ2v) is 8.36. The Morgan fingerprint density at radius 2 is 2.10 bits per heavy atom. The van der Waals surface area contributed by atoms with Crippen LogP contribution in [0.25, 0.3) is 0 Å². The molecule has 2 aromatic heterocycles. The minimum Gasteiger partial charge on any atom is -0.493 e. The number of fused-ring (bicyclic) bond motifs is 1. The van der Waals surface area contributed by atoms with E-state index in [-0.39, 0.29) is 12.3 Å². The third-order valence-corrected chi connectivity index (χ3v) is 6.13. The minimum absolute atomic E-state index is 0.0784. The molecule has 0 bridgehead atoms. The van der Waals surface area contributed by atoms with E-state index in [2.05, 4.69) is 22.4 Å². The lowest BCUT2D eigenvalue weighted by Crippen LogP contribution is -2.14. The van der Waals surface area contributed by atoms with E-state index in [0.29, 0.717) is 13.0 Å². The maximum atomic E-state index is 11.2. The number of pyridine rings is 1. The summed E-state index contributed by atoms with van der Waals surface area (Å²) in [6, 6.07) is 12.1. The summed E-state index contributed by atoms with van der Waals surface area (Å²) in [5.41, 5.74) is 4.43. The molecule has 30 heavy (non-hydrogen) atoms. The van der Waals surface area contributed by atoms with Crippen LogP contribution in [-0.4, -0.2) is 34.2 Å². The van der Waals surface area contributed by atoms with Crippen LogP contribution in [0.15, 0.2) is 48.0 Å². The highest BCUT2D eigenvalue weighted by Crippen LogP contribution is 2.27. The third kappa shape index (κ3) is 5.36. The maximum absolute atomic E-state index is 11.2. The maximum Gasteiger partial charge on any atom is 0.304 e. The summed E-state index contributed by atoms with van der Waals surface area (Å²) in [6.07, 6.45) is 5.37. The van der Waals surface area contributed by atoms with Crippen LogP contribution in [0.4, 0.5) is 5.69 Å². The summed E-state index contributed by atoms with van der Waals surface area (Å²) in [6.45, 7) is 1.59. The number of carboxylic acid groups (broad SMARTS) is 1. The number of anilines is 1. The van der Waals surface area contributed by atoms with Gasteiger partial charge in [-0.2, -0.15) is 0 Å². The number of aromatic nitrogens is 2. The number of hydrogen-bond donors (Lipinski definition) is 2. The molecule has 0 fully saturated rings. The Hall–Kier alpha value is -2.93. The molecule has 2 N–H and O–H groups in total. The summed E-state index contributed by atoms with van der Waals surface area (Å²) in [5.74, 6) is -0.108. The van der Waals surface area contributed by atoms with Gasteiger partial charge in [0.2, 0.25) is 0 Å². The average molecular weight is 424 g/mol. The number of ether oxygens (including phenoxy) is 1. The zero-order valence-corrected chi connectivity index (χ0v) is 17.5. The van der Waals surface area contributed by atoms with Crippen molar-refractivity contribution in [3.05, 3.63) is 69.9 Å². The van der Waals surface area contributed by atoms with Gasteiger partial charge in [-0.05, 0) is 49.1 Å². The molecule has 6 nitrogen and oxygen atoms in total. The molecule has 1 atom stereocenters. The van der Waals surface area contributed by atoms with Crippen molar-refractivity contribution >= 4 is 23.0 Å². The minimum atomic E-state index is -0.804. The predicted octanol–water partition coefficient (Wildman–Crippen LogP) is 4.32. The quantitative estimate of drug-likeness (QED) is 0.533. The summed E-state index contributed by atoms with van der Waals surface area (Å²) < 4.78 is 5.89. The lowest BCUT2D eigenvalue weighted by molar-refractivity contribution is -0.137. The summed E-state index contributed by atoms with van der Waals surface area (Å²) in [4.78, 5) is 20.3. The zero-order valence-electron chi connectivity index (χ0n) is 16.7. The number of thiazole rings is 1. The fraction of sp³-hybridized carbons (Fsp3) is 0.348. The van der Waals surface area contributed by atoms with Gasteiger partial charge in [-0.25, -0.2) is 4.98 Å². The normalized spacial score (nSPS) is 13.9. The van der Waals surface area contributed by atoms with E-state index < -0.39 is 5.97 Å². The van der Waals surface area contributed by atoms with Crippen molar-refractivity contribution in [3.63, 3.8) is 0 Å². The SMILES string of the molecule is O=C(O)C[C@H](Cc1ccc(OCCc2ccc3c(n2)CCCN3)cc1)c1nccs1. The summed E-state index contributed by atoms with van der Waals surface area (Å²) in [7, 11) is 0. The summed E-state index contributed by atoms with van der Waals surface area (Å²) in [5, 5.41) is 15.3. The van der Waals surface area contributed by atoms with Gasteiger partial charge >= 0.3 is 5.97 Å². The van der Waals surface area contributed by atoms with Gasteiger partial charge < -0.3 is 15.2 Å². The van der Waals surface area contributed by atoms with Crippen molar-refractivity contribution in [1.82, 2.24) is 9.97 Å². The molecule has 0 saturated heterocycles. The molecule has 0 aliphatic carbocycles. The Morgan fingerprint density at radius 1 is 1.23 bits per heavy atom. The topological polar surface area (TPSA) is 84.3 Å². The number of nitrogens with one attached hydrogen (secondary N) is 1. The van der Waals surface area contributed by atoms with Crippen molar-refractivity contribution in [2.45, 2.75) is 38.0 Å². The Balaban J connectivity index is 1.30. The van der Waals surface area contributed by atoms with Crippen LogP contribution in [-0.2, 0) is 24.1 Å². The first-order valence-electron chi connectivity index (χ1n) is 10.2. The van der Waals surface area contributed by atoms with Crippen molar-refractivity contribution in [2.24, 2.45) is 0 Å². The second kappa shape index (κ2) is 9.71. The summed E-state index contributed by atoms with van der Waals surface area (Å²) >= 11 is 1.50. The number of hydrogen-bond acceptors (Lipinski definition) is 6. The van der Waals surface area contributed by atoms with Gasteiger partial charge in [0.1, 0.15) is 5.75 Å². The Morgan fingerprint density at radius 3 is 2.87 bits per heavy atom. The first-order valence-corrected chi connectivity index (χ1v) is 11.1. The van der Waals surface area contributed by atoms with E-state index in [0.717, 1.165) is 59.2 Å². The molecule has 1 aliphatic rings. The van der Waals surface area contributed by atoms with E-state index in [4.69, 9.17) is 9.72 Å². The van der Waals surface area contributed by atoms with Gasteiger partial charge in [-0.1, -0.05) is 12.1 Å². The molecule has 4 rings (SSSR count). The monoisotopic (exact) mass is 423 g/mol. The standard InChI is InChI=1S/C23H25N3O3S/c27-22(28)15-17(23-25-11-13-30-23)14-16-3-6-19(7-4-16)29-12-9-18-5-8-20-21(26-18)2-1-10-24-20/h3-8,11,13,17,24H,1-2,9-10,12,14-15H2,(H,27,28)/t17-/m0/s1. The highest BCUT2D eigenvalue weighted by molar-refractivity contribution is 7.09. The molecule has 1 aromatic carbocycles. The van der Waals surface area contributed by atoms with Crippen LogP contribution in [0, 0.1) is 0 Å². The van der Waals surface area contributed by atoms with Gasteiger partial charge in [0.05, 0.1) is 29.4 Å². The highest BCUT2D eigenvalue weighted by atomic mass is 32.1. The molecule has 7 heteroatoms. The lowest BCUT2D eigenvalue weighted by atomic mass is 9.97. The molecule has 3 aromatic rings. The highest BCUT2D eigenvalue weighted by Gasteiger charge is 2.18. The largest absolute Gasteiger partial charge is 0.493 e. The molecule has 0 radical (unpaired) electrons. The van der Waals surface area contributed by atoms with Crippen molar-refractivity contribution in [2.75, 3.05) is 18.5 Å². The van der Waals surface area contributed by atoms with Gasteiger partial charge in [-0.3, -0.25) is 9.78 Å². The first kappa shape index (κ1) is 20.3. The van der Waals surface area contributed by atoms with Crippen LogP contribution in [0.5, 0.6) is 5.75 Å². The Bertz CT molecular complexity index is 974. The van der Waals surface area contributed by atoms with E-state index in [1.54, 1.807) is 6.20 Å².